The normalized spacial score (nSPS) is 10.4. The van der Waals surface area contributed by atoms with E-state index in [1.807, 2.05) is 31.2 Å². The van der Waals surface area contributed by atoms with Gasteiger partial charge in [0.2, 0.25) is 0 Å². The predicted octanol–water partition coefficient (Wildman–Crippen LogP) is 2.56. The Bertz CT molecular complexity index is 491. The lowest BCUT2D eigenvalue weighted by Crippen LogP contribution is -2.00. The summed E-state index contributed by atoms with van der Waals surface area (Å²) in [6.45, 7) is 2.30. The van der Waals surface area contributed by atoms with E-state index >= 15 is 0 Å². The number of hydrogen-bond donors (Lipinski definition) is 1. The minimum absolute atomic E-state index is 0.453. The van der Waals surface area contributed by atoms with Crippen molar-refractivity contribution in [3.63, 3.8) is 0 Å². The van der Waals surface area contributed by atoms with Gasteiger partial charge in [-0.2, -0.15) is 0 Å². The Morgan fingerprint density at radius 2 is 2.00 bits per heavy atom. The fraction of sp³-hybridized carbons (Fsp3) is 0.167. The lowest BCUT2D eigenvalue weighted by molar-refractivity contribution is 1.04. The van der Waals surface area contributed by atoms with E-state index in [-0.39, 0.29) is 0 Å². The van der Waals surface area contributed by atoms with Gasteiger partial charge in [-0.05, 0) is 12.5 Å². The highest BCUT2D eigenvalue weighted by molar-refractivity contribution is 6.29. The maximum absolute atomic E-state index is 5.91. The third-order valence-corrected chi connectivity index (χ3v) is 2.51. The summed E-state index contributed by atoms with van der Waals surface area (Å²) in [4.78, 5) is 8.40. The Balaban J connectivity index is 2.58. The van der Waals surface area contributed by atoms with Crippen molar-refractivity contribution in [2.24, 2.45) is 5.73 Å². The number of benzene rings is 1. The van der Waals surface area contributed by atoms with Gasteiger partial charge in [-0.25, -0.2) is 9.97 Å². The predicted molar refractivity (Wildman–Crippen MR) is 65.1 cm³/mol. The van der Waals surface area contributed by atoms with Crippen molar-refractivity contribution in [3.8, 4) is 11.3 Å². The van der Waals surface area contributed by atoms with Gasteiger partial charge in [0.25, 0.3) is 0 Å². The number of rotatable bonds is 2. The summed E-state index contributed by atoms with van der Waals surface area (Å²) >= 11 is 5.91. The summed E-state index contributed by atoms with van der Waals surface area (Å²) in [7, 11) is 0. The summed E-state index contributed by atoms with van der Waals surface area (Å²) in [5.41, 5.74) is 8.57. The van der Waals surface area contributed by atoms with Crippen molar-refractivity contribution in [3.05, 3.63) is 46.9 Å². The minimum atomic E-state index is 0.453. The average molecular weight is 234 g/mol. The van der Waals surface area contributed by atoms with E-state index in [0.29, 0.717) is 17.5 Å². The maximum atomic E-state index is 5.91. The average Bonchev–Trinajstić information content (AvgIpc) is 2.27. The number of nitrogens with two attached hydrogens (primary N) is 1. The first-order valence-electron chi connectivity index (χ1n) is 5.00. The second-order valence-electron chi connectivity index (χ2n) is 3.48. The lowest BCUT2D eigenvalue weighted by Gasteiger charge is -2.07. The molecule has 0 saturated carbocycles. The first kappa shape index (κ1) is 11.0. The fourth-order valence-corrected chi connectivity index (χ4v) is 1.84. The second-order valence-corrected chi connectivity index (χ2v) is 3.87. The molecule has 0 spiro atoms. The molecule has 82 valence electrons. The van der Waals surface area contributed by atoms with E-state index < -0.39 is 0 Å². The molecule has 0 radical (unpaired) electrons. The summed E-state index contributed by atoms with van der Waals surface area (Å²) in [5, 5.41) is 0.453. The van der Waals surface area contributed by atoms with Gasteiger partial charge >= 0.3 is 0 Å². The largest absolute Gasteiger partial charge is 0.326 e. The fourth-order valence-electron chi connectivity index (χ4n) is 1.62. The smallest absolute Gasteiger partial charge is 0.133 e. The maximum Gasteiger partial charge on any atom is 0.133 e. The van der Waals surface area contributed by atoms with Crippen molar-refractivity contribution in [1.82, 2.24) is 9.97 Å². The minimum Gasteiger partial charge on any atom is -0.326 e. The summed E-state index contributed by atoms with van der Waals surface area (Å²) < 4.78 is 0. The van der Waals surface area contributed by atoms with Gasteiger partial charge in [0, 0.05) is 18.2 Å². The standard InChI is InChI=1S/C12H12ClN3/c1-8-15-11(6-12(13)16-8)10-5-3-2-4-9(10)7-14/h2-6H,7,14H2,1H3. The van der Waals surface area contributed by atoms with Crippen LogP contribution in [-0.2, 0) is 6.54 Å². The van der Waals surface area contributed by atoms with Gasteiger partial charge in [0.15, 0.2) is 0 Å². The van der Waals surface area contributed by atoms with E-state index in [1.54, 1.807) is 6.07 Å². The number of nitrogens with zero attached hydrogens (tertiary/aromatic N) is 2. The molecule has 1 heterocycles. The molecular formula is C12H12ClN3. The zero-order valence-electron chi connectivity index (χ0n) is 8.94. The molecule has 0 aliphatic heterocycles. The number of hydrogen-bond acceptors (Lipinski definition) is 3. The molecule has 1 aromatic carbocycles. The van der Waals surface area contributed by atoms with Crippen LogP contribution < -0.4 is 5.73 Å². The Hall–Kier alpha value is -1.45. The molecule has 0 aliphatic rings. The molecule has 1 aromatic heterocycles. The zero-order chi connectivity index (χ0) is 11.5. The molecule has 2 aromatic rings. The van der Waals surface area contributed by atoms with Crippen molar-refractivity contribution in [2.75, 3.05) is 0 Å². The van der Waals surface area contributed by atoms with Crippen LogP contribution in [0.4, 0.5) is 0 Å². The SMILES string of the molecule is Cc1nc(Cl)cc(-c2ccccc2CN)n1. The molecule has 0 fully saturated rings. The van der Waals surface area contributed by atoms with Crippen LogP contribution in [0.3, 0.4) is 0 Å². The van der Waals surface area contributed by atoms with E-state index in [4.69, 9.17) is 17.3 Å². The van der Waals surface area contributed by atoms with Gasteiger partial charge in [-0.3, -0.25) is 0 Å². The van der Waals surface area contributed by atoms with Gasteiger partial charge in [0.1, 0.15) is 11.0 Å². The highest BCUT2D eigenvalue weighted by Gasteiger charge is 2.06. The number of aromatic nitrogens is 2. The van der Waals surface area contributed by atoms with Crippen LogP contribution in [0.25, 0.3) is 11.3 Å². The van der Waals surface area contributed by atoms with Crippen molar-refractivity contribution in [1.29, 1.82) is 0 Å². The third-order valence-electron chi connectivity index (χ3n) is 2.32. The number of halogens is 1. The first-order chi connectivity index (χ1) is 7.70. The van der Waals surface area contributed by atoms with Crippen LogP contribution in [-0.4, -0.2) is 9.97 Å². The van der Waals surface area contributed by atoms with Crippen LogP contribution in [0.1, 0.15) is 11.4 Å². The Labute approximate surface area is 99.3 Å². The molecule has 0 bridgehead atoms. The van der Waals surface area contributed by atoms with Gasteiger partial charge < -0.3 is 5.73 Å². The quantitative estimate of drug-likeness (QED) is 0.812. The Morgan fingerprint density at radius 1 is 1.25 bits per heavy atom. The topological polar surface area (TPSA) is 51.8 Å². The summed E-state index contributed by atoms with van der Waals surface area (Å²) in [5.74, 6) is 0.661. The van der Waals surface area contributed by atoms with E-state index in [9.17, 15) is 0 Å². The molecule has 0 atom stereocenters. The van der Waals surface area contributed by atoms with E-state index in [0.717, 1.165) is 16.8 Å². The highest BCUT2D eigenvalue weighted by Crippen LogP contribution is 2.23. The molecule has 0 amide bonds. The van der Waals surface area contributed by atoms with Crippen molar-refractivity contribution < 1.29 is 0 Å². The van der Waals surface area contributed by atoms with Crippen LogP contribution in [0.5, 0.6) is 0 Å². The van der Waals surface area contributed by atoms with E-state index in [1.165, 1.54) is 0 Å². The molecule has 2 N–H and O–H groups in total. The summed E-state index contributed by atoms with van der Waals surface area (Å²) in [6.07, 6.45) is 0. The molecular weight excluding hydrogens is 222 g/mol. The molecule has 0 aliphatic carbocycles. The van der Waals surface area contributed by atoms with Crippen molar-refractivity contribution in [2.45, 2.75) is 13.5 Å². The summed E-state index contributed by atoms with van der Waals surface area (Å²) in [6, 6.07) is 9.64. The van der Waals surface area contributed by atoms with Gasteiger partial charge in [-0.15, -0.1) is 0 Å². The zero-order valence-corrected chi connectivity index (χ0v) is 9.70. The monoisotopic (exact) mass is 233 g/mol. The van der Waals surface area contributed by atoms with Crippen LogP contribution in [0, 0.1) is 6.92 Å². The molecule has 0 saturated heterocycles. The molecule has 16 heavy (non-hydrogen) atoms. The highest BCUT2D eigenvalue weighted by atomic mass is 35.5. The second kappa shape index (κ2) is 4.60. The molecule has 2 rings (SSSR count). The Morgan fingerprint density at radius 3 is 2.69 bits per heavy atom. The van der Waals surface area contributed by atoms with E-state index in [2.05, 4.69) is 9.97 Å². The molecule has 0 unspecified atom stereocenters. The lowest BCUT2D eigenvalue weighted by atomic mass is 10.0. The Kier molecular flexibility index (Phi) is 3.17. The van der Waals surface area contributed by atoms with Gasteiger partial charge in [-0.1, -0.05) is 35.9 Å². The third kappa shape index (κ3) is 2.21. The first-order valence-corrected chi connectivity index (χ1v) is 5.38. The van der Waals surface area contributed by atoms with Crippen molar-refractivity contribution >= 4 is 11.6 Å². The van der Waals surface area contributed by atoms with Gasteiger partial charge in [0.05, 0.1) is 5.69 Å². The van der Waals surface area contributed by atoms with Crippen LogP contribution >= 0.6 is 11.6 Å². The van der Waals surface area contributed by atoms with Crippen LogP contribution in [0.2, 0.25) is 5.15 Å². The number of aryl methyl sites for hydroxylation is 1. The molecule has 3 nitrogen and oxygen atoms in total. The van der Waals surface area contributed by atoms with Crippen LogP contribution in [0.15, 0.2) is 30.3 Å². The molecule has 4 heteroatoms.